The molecular weight excluding hydrogens is 359 g/mol. The fraction of sp³-hybridized carbons (Fsp3) is 0.100. The molecule has 0 aliphatic heterocycles. The molecule has 0 spiro atoms. The number of nitrogens with zero attached hydrogens (tertiary/aromatic N) is 3. The minimum absolute atomic E-state index is 0.298. The first-order chi connectivity index (χ1) is 13.7. The first kappa shape index (κ1) is 19.0. The maximum Gasteiger partial charge on any atom is 0.244 e. The van der Waals surface area contributed by atoms with Crippen molar-refractivity contribution < 1.29 is 9.18 Å². The Labute approximate surface area is 161 Å². The SMILES string of the molecule is O=C(/C=C/c1ccccc1F)NCCNc1ccc(Nc2ccncc2)nn1. The average molecular weight is 378 g/mol. The van der Waals surface area contributed by atoms with Crippen molar-refractivity contribution in [3.63, 3.8) is 0 Å². The Morgan fingerprint density at radius 1 is 0.964 bits per heavy atom. The molecule has 3 aromatic rings. The molecule has 0 aliphatic carbocycles. The largest absolute Gasteiger partial charge is 0.367 e. The van der Waals surface area contributed by atoms with Crippen molar-refractivity contribution in [2.45, 2.75) is 0 Å². The minimum atomic E-state index is -0.367. The van der Waals surface area contributed by atoms with Crippen LogP contribution in [-0.4, -0.2) is 34.2 Å². The zero-order valence-corrected chi connectivity index (χ0v) is 15.0. The molecule has 8 heteroatoms. The Hall–Kier alpha value is -3.81. The van der Waals surface area contributed by atoms with Gasteiger partial charge in [0.15, 0.2) is 5.82 Å². The summed E-state index contributed by atoms with van der Waals surface area (Å²) in [6.45, 7) is 0.865. The van der Waals surface area contributed by atoms with Crippen LogP contribution in [0.2, 0.25) is 0 Å². The van der Waals surface area contributed by atoms with Gasteiger partial charge < -0.3 is 16.0 Å². The van der Waals surface area contributed by atoms with E-state index >= 15 is 0 Å². The molecule has 1 amide bonds. The van der Waals surface area contributed by atoms with Gasteiger partial charge >= 0.3 is 0 Å². The van der Waals surface area contributed by atoms with Gasteiger partial charge in [-0.15, -0.1) is 10.2 Å². The van der Waals surface area contributed by atoms with Crippen LogP contribution in [0, 0.1) is 5.82 Å². The van der Waals surface area contributed by atoms with Gasteiger partial charge in [0.1, 0.15) is 11.6 Å². The zero-order chi connectivity index (χ0) is 19.6. The molecule has 0 saturated carbocycles. The lowest BCUT2D eigenvalue weighted by atomic mass is 10.2. The summed E-state index contributed by atoms with van der Waals surface area (Å²) in [6.07, 6.45) is 6.12. The minimum Gasteiger partial charge on any atom is -0.367 e. The topological polar surface area (TPSA) is 91.8 Å². The number of anilines is 3. The van der Waals surface area contributed by atoms with Gasteiger partial charge in [0, 0.05) is 42.8 Å². The van der Waals surface area contributed by atoms with Crippen LogP contribution in [0.4, 0.5) is 21.7 Å². The van der Waals surface area contributed by atoms with Crippen LogP contribution in [-0.2, 0) is 4.79 Å². The molecule has 0 bridgehead atoms. The first-order valence-electron chi connectivity index (χ1n) is 8.66. The number of aromatic nitrogens is 3. The van der Waals surface area contributed by atoms with E-state index in [4.69, 9.17) is 0 Å². The van der Waals surface area contributed by atoms with Crippen LogP contribution in [0.5, 0.6) is 0 Å². The summed E-state index contributed by atoms with van der Waals surface area (Å²) >= 11 is 0. The molecule has 28 heavy (non-hydrogen) atoms. The fourth-order valence-corrected chi connectivity index (χ4v) is 2.29. The summed E-state index contributed by atoms with van der Waals surface area (Å²) in [5.74, 6) is 0.543. The second-order valence-corrected chi connectivity index (χ2v) is 5.74. The highest BCUT2D eigenvalue weighted by Gasteiger charge is 2.00. The standard InChI is InChI=1S/C20H19FN6O/c21-17-4-2-1-3-15(17)5-8-20(28)24-14-13-23-18-6-7-19(27-26-18)25-16-9-11-22-12-10-16/h1-12H,13-14H2,(H,23,26)(H,24,28)(H,22,25,27)/b8-5+. The highest BCUT2D eigenvalue weighted by atomic mass is 19.1. The number of hydrogen-bond acceptors (Lipinski definition) is 6. The van der Waals surface area contributed by atoms with Gasteiger partial charge in [-0.2, -0.15) is 0 Å². The Morgan fingerprint density at radius 3 is 2.46 bits per heavy atom. The molecule has 0 fully saturated rings. The van der Waals surface area contributed by atoms with E-state index in [2.05, 4.69) is 31.1 Å². The molecule has 7 nitrogen and oxygen atoms in total. The number of rotatable bonds is 8. The lowest BCUT2D eigenvalue weighted by Crippen LogP contribution is -2.27. The van der Waals surface area contributed by atoms with E-state index in [9.17, 15) is 9.18 Å². The van der Waals surface area contributed by atoms with Crippen molar-refractivity contribution in [2.75, 3.05) is 23.7 Å². The van der Waals surface area contributed by atoms with E-state index in [-0.39, 0.29) is 11.7 Å². The number of pyridine rings is 1. The summed E-state index contributed by atoms with van der Waals surface area (Å²) in [5.41, 5.74) is 1.24. The van der Waals surface area contributed by atoms with Crippen LogP contribution < -0.4 is 16.0 Å². The molecule has 0 unspecified atom stereocenters. The number of carbonyl (C=O) groups is 1. The van der Waals surface area contributed by atoms with Crippen molar-refractivity contribution in [1.82, 2.24) is 20.5 Å². The molecule has 1 aromatic carbocycles. The highest BCUT2D eigenvalue weighted by Crippen LogP contribution is 2.13. The number of carbonyl (C=O) groups excluding carboxylic acids is 1. The number of amides is 1. The predicted octanol–water partition coefficient (Wildman–Crippen LogP) is 3.00. The van der Waals surface area contributed by atoms with E-state index in [1.165, 1.54) is 18.2 Å². The lowest BCUT2D eigenvalue weighted by Gasteiger charge is -2.07. The average Bonchev–Trinajstić information content (AvgIpc) is 2.72. The maximum absolute atomic E-state index is 13.5. The summed E-state index contributed by atoms with van der Waals surface area (Å²) in [6, 6.07) is 13.5. The molecule has 2 aromatic heterocycles. The van der Waals surface area contributed by atoms with Crippen LogP contribution in [0.15, 0.2) is 67.0 Å². The number of benzene rings is 1. The monoisotopic (exact) mass is 378 g/mol. The van der Waals surface area contributed by atoms with Crippen LogP contribution in [0.3, 0.4) is 0 Å². The van der Waals surface area contributed by atoms with Crippen molar-refractivity contribution in [3.05, 3.63) is 78.4 Å². The third-order valence-corrected chi connectivity index (χ3v) is 3.67. The fourth-order valence-electron chi connectivity index (χ4n) is 2.29. The molecular formula is C20H19FN6O. The second-order valence-electron chi connectivity index (χ2n) is 5.74. The molecule has 3 rings (SSSR count). The zero-order valence-electron chi connectivity index (χ0n) is 15.0. The van der Waals surface area contributed by atoms with E-state index < -0.39 is 0 Å². The molecule has 3 N–H and O–H groups in total. The van der Waals surface area contributed by atoms with E-state index in [0.29, 0.717) is 30.3 Å². The van der Waals surface area contributed by atoms with Crippen molar-refractivity contribution in [3.8, 4) is 0 Å². The van der Waals surface area contributed by atoms with E-state index in [1.54, 1.807) is 42.7 Å². The molecule has 0 saturated heterocycles. The number of halogens is 1. The van der Waals surface area contributed by atoms with Crippen LogP contribution in [0.1, 0.15) is 5.56 Å². The highest BCUT2D eigenvalue weighted by molar-refractivity contribution is 5.91. The number of hydrogen-bond donors (Lipinski definition) is 3. The van der Waals surface area contributed by atoms with Gasteiger partial charge in [0.2, 0.25) is 5.91 Å². The van der Waals surface area contributed by atoms with E-state index in [0.717, 1.165) is 5.69 Å². The molecule has 2 heterocycles. The van der Waals surface area contributed by atoms with Crippen LogP contribution in [0.25, 0.3) is 6.08 Å². The van der Waals surface area contributed by atoms with Crippen molar-refractivity contribution in [1.29, 1.82) is 0 Å². The van der Waals surface area contributed by atoms with Gasteiger partial charge in [-0.3, -0.25) is 9.78 Å². The predicted molar refractivity (Wildman–Crippen MR) is 106 cm³/mol. The maximum atomic E-state index is 13.5. The molecule has 142 valence electrons. The Balaban J connectivity index is 1.39. The van der Waals surface area contributed by atoms with Crippen molar-refractivity contribution >= 4 is 29.3 Å². The summed E-state index contributed by atoms with van der Waals surface area (Å²) < 4.78 is 13.5. The quantitative estimate of drug-likeness (QED) is 0.412. The first-order valence-corrected chi connectivity index (χ1v) is 8.66. The number of nitrogens with one attached hydrogen (secondary N) is 3. The van der Waals surface area contributed by atoms with Gasteiger partial charge in [-0.1, -0.05) is 18.2 Å². The third-order valence-electron chi connectivity index (χ3n) is 3.67. The van der Waals surface area contributed by atoms with Gasteiger partial charge in [0.25, 0.3) is 0 Å². The summed E-state index contributed by atoms with van der Waals surface area (Å²) in [4.78, 5) is 15.7. The summed E-state index contributed by atoms with van der Waals surface area (Å²) in [5, 5.41) is 17.0. The lowest BCUT2D eigenvalue weighted by molar-refractivity contribution is -0.116. The van der Waals surface area contributed by atoms with Crippen LogP contribution >= 0.6 is 0 Å². The van der Waals surface area contributed by atoms with Gasteiger partial charge in [0.05, 0.1) is 0 Å². The second kappa shape index (κ2) is 9.77. The van der Waals surface area contributed by atoms with Gasteiger partial charge in [-0.05, 0) is 36.4 Å². The molecule has 0 radical (unpaired) electrons. The molecule has 0 aliphatic rings. The Morgan fingerprint density at radius 2 is 1.71 bits per heavy atom. The summed E-state index contributed by atoms with van der Waals surface area (Å²) in [7, 11) is 0. The van der Waals surface area contributed by atoms with E-state index in [1.807, 2.05) is 12.1 Å². The molecule has 0 atom stereocenters. The Kier molecular flexibility index (Phi) is 6.62. The Bertz CT molecular complexity index is 931. The third kappa shape index (κ3) is 5.87. The van der Waals surface area contributed by atoms with Crippen molar-refractivity contribution in [2.24, 2.45) is 0 Å². The van der Waals surface area contributed by atoms with Gasteiger partial charge in [-0.25, -0.2) is 4.39 Å². The normalized spacial score (nSPS) is 10.6. The smallest absolute Gasteiger partial charge is 0.244 e.